The first-order valence-corrected chi connectivity index (χ1v) is 5.79. The Hall–Kier alpha value is 0. The Kier molecular flexibility index (Phi) is 2.43. The Morgan fingerprint density at radius 3 is 2.25 bits per heavy atom. The summed E-state index contributed by atoms with van der Waals surface area (Å²) >= 11 is 0. The van der Waals surface area contributed by atoms with E-state index in [0.717, 1.165) is 11.3 Å². The van der Waals surface area contributed by atoms with Crippen LogP contribution >= 0.6 is 0 Å². The molecule has 0 aromatic carbocycles. The van der Waals surface area contributed by atoms with E-state index in [1.807, 2.05) is 0 Å². The van der Waals surface area contributed by atoms with Crippen molar-refractivity contribution in [3.8, 4) is 0 Å². The van der Waals surface area contributed by atoms with Crippen LogP contribution in [-0.2, 0) is 0 Å². The van der Waals surface area contributed by atoms with Gasteiger partial charge in [-0.1, -0.05) is 39.0 Å². The summed E-state index contributed by atoms with van der Waals surface area (Å²) in [6.07, 6.45) is 13.7. The minimum absolute atomic E-state index is 0.760. The highest BCUT2D eigenvalue weighted by molar-refractivity contribution is 4.82. The predicted molar refractivity (Wildman–Crippen MR) is 53.2 cm³/mol. The molecule has 2 aliphatic rings. The molecule has 0 N–H and O–H groups in total. The SMILES string of the molecule is CC1(CCC2CCC2)CCCC1. The summed E-state index contributed by atoms with van der Waals surface area (Å²) in [5.74, 6) is 1.13. The fraction of sp³-hybridized carbons (Fsp3) is 1.00. The first-order valence-electron chi connectivity index (χ1n) is 5.79. The zero-order valence-corrected chi connectivity index (χ0v) is 8.44. The van der Waals surface area contributed by atoms with Crippen LogP contribution in [-0.4, -0.2) is 0 Å². The van der Waals surface area contributed by atoms with E-state index in [-0.39, 0.29) is 0 Å². The van der Waals surface area contributed by atoms with E-state index in [1.165, 1.54) is 57.8 Å². The molecule has 0 aromatic rings. The highest BCUT2D eigenvalue weighted by atomic mass is 14.4. The minimum Gasteiger partial charge on any atom is -0.0596 e. The number of rotatable bonds is 3. The molecule has 12 heavy (non-hydrogen) atoms. The van der Waals surface area contributed by atoms with Crippen LogP contribution in [0.3, 0.4) is 0 Å². The van der Waals surface area contributed by atoms with Crippen molar-refractivity contribution < 1.29 is 0 Å². The lowest BCUT2D eigenvalue weighted by Crippen LogP contribution is -2.17. The minimum atomic E-state index is 0.760. The molecule has 0 saturated heterocycles. The van der Waals surface area contributed by atoms with Crippen LogP contribution < -0.4 is 0 Å². The van der Waals surface area contributed by atoms with Gasteiger partial charge in [-0.05, 0) is 37.0 Å². The van der Waals surface area contributed by atoms with Gasteiger partial charge in [0.05, 0.1) is 0 Å². The first kappa shape index (κ1) is 8.59. The first-order chi connectivity index (χ1) is 5.79. The van der Waals surface area contributed by atoms with Crippen molar-refractivity contribution in [2.24, 2.45) is 11.3 Å². The van der Waals surface area contributed by atoms with Crippen LogP contribution in [0.1, 0.15) is 64.7 Å². The number of hydrogen-bond acceptors (Lipinski definition) is 0. The van der Waals surface area contributed by atoms with E-state index >= 15 is 0 Å². The fourth-order valence-electron chi connectivity index (χ4n) is 2.81. The molecule has 0 unspecified atom stereocenters. The van der Waals surface area contributed by atoms with Crippen LogP contribution in [0.5, 0.6) is 0 Å². The van der Waals surface area contributed by atoms with E-state index in [1.54, 1.807) is 0 Å². The molecule has 0 bridgehead atoms. The molecule has 2 rings (SSSR count). The molecule has 0 radical (unpaired) electrons. The molecular formula is C12H22. The Labute approximate surface area is 76.7 Å². The Morgan fingerprint density at radius 2 is 1.75 bits per heavy atom. The van der Waals surface area contributed by atoms with Gasteiger partial charge in [0.25, 0.3) is 0 Å². The van der Waals surface area contributed by atoms with Crippen LogP contribution in [0.15, 0.2) is 0 Å². The predicted octanol–water partition coefficient (Wildman–Crippen LogP) is 4.15. The zero-order chi connectivity index (χ0) is 8.44. The van der Waals surface area contributed by atoms with Gasteiger partial charge in [0.15, 0.2) is 0 Å². The normalized spacial score (nSPS) is 28.8. The summed E-state index contributed by atoms with van der Waals surface area (Å²) in [4.78, 5) is 0. The topological polar surface area (TPSA) is 0 Å². The lowest BCUT2D eigenvalue weighted by atomic mass is 9.75. The fourth-order valence-corrected chi connectivity index (χ4v) is 2.81. The molecule has 2 saturated carbocycles. The van der Waals surface area contributed by atoms with E-state index in [4.69, 9.17) is 0 Å². The largest absolute Gasteiger partial charge is 0.0596 e. The molecule has 0 heteroatoms. The van der Waals surface area contributed by atoms with Crippen molar-refractivity contribution in [3.63, 3.8) is 0 Å². The maximum absolute atomic E-state index is 2.51. The summed E-state index contributed by atoms with van der Waals surface area (Å²) in [5.41, 5.74) is 0.760. The molecule has 0 spiro atoms. The van der Waals surface area contributed by atoms with E-state index in [2.05, 4.69) is 6.92 Å². The van der Waals surface area contributed by atoms with Crippen molar-refractivity contribution in [3.05, 3.63) is 0 Å². The maximum atomic E-state index is 2.51. The van der Waals surface area contributed by atoms with E-state index in [9.17, 15) is 0 Å². The summed E-state index contributed by atoms with van der Waals surface area (Å²) < 4.78 is 0. The van der Waals surface area contributed by atoms with Crippen molar-refractivity contribution in [1.29, 1.82) is 0 Å². The van der Waals surface area contributed by atoms with Crippen molar-refractivity contribution in [1.82, 2.24) is 0 Å². The maximum Gasteiger partial charge on any atom is -0.0326 e. The van der Waals surface area contributed by atoms with Gasteiger partial charge in [-0.15, -0.1) is 0 Å². The van der Waals surface area contributed by atoms with Gasteiger partial charge >= 0.3 is 0 Å². The second-order valence-electron chi connectivity index (χ2n) is 5.35. The standard InChI is InChI=1S/C12H22/c1-12(8-2-3-9-12)10-7-11-5-4-6-11/h11H,2-10H2,1H3. The Bertz CT molecular complexity index is 138. The smallest absolute Gasteiger partial charge is 0.0326 e. The molecule has 2 fully saturated rings. The van der Waals surface area contributed by atoms with Gasteiger partial charge in [-0.25, -0.2) is 0 Å². The Balaban J connectivity index is 1.70. The van der Waals surface area contributed by atoms with Crippen molar-refractivity contribution in [2.45, 2.75) is 64.7 Å². The van der Waals surface area contributed by atoms with Gasteiger partial charge in [0.1, 0.15) is 0 Å². The second-order valence-corrected chi connectivity index (χ2v) is 5.35. The second kappa shape index (κ2) is 3.40. The third-order valence-corrected chi connectivity index (χ3v) is 4.19. The summed E-state index contributed by atoms with van der Waals surface area (Å²) in [7, 11) is 0. The zero-order valence-electron chi connectivity index (χ0n) is 8.44. The molecule has 0 aromatic heterocycles. The van der Waals surface area contributed by atoms with Crippen LogP contribution in [0.2, 0.25) is 0 Å². The van der Waals surface area contributed by atoms with Gasteiger partial charge in [0, 0.05) is 0 Å². The van der Waals surface area contributed by atoms with Gasteiger partial charge in [-0.3, -0.25) is 0 Å². The molecule has 0 amide bonds. The molecular weight excluding hydrogens is 144 g/mol. The van der Waals surface area contributed by atoms with E-state index < -0.39 is 0 Å². The van der Waals surface area contributed by atoms with Crippen LogP contribution in [0.25, 0.3) is 0 Å². The average Bonchev–Trinajstić information content (AvgIpc) is 2.33. The summed E-state index contributed by atoms with van der Waals surface area (Å²) in [5, 5.41) is 0. The van der Waals surface area contributed by atoms with Crippen molar-refractivity contribution >= 4 is 0 Å². The third-order valence-electron chi connectivity index (χ3n) is 4.19. The average molecular weight is 166 g/mol. The highest BCUT2D eigenvalue weighted by Gasteiger charge is 2.29. The lowest BCUT2D eigenvalue weighted by molar-refractivity contribution is 0.221. The van der Waals surface area contributed by atoms with Crippen LogP contribution in [0, 0.1) is 11.3 Å². The van der Waals surface area contributed by atoms with E-state index in [0.29, 0.717) is 0 Å². The third kappa shape index (κ3) is 1.84. The lowest BCUT2D eigenvalue weighted by Gasteiger charge is -2.30. The highest BCUT2D eigenvalue weighted by Crippen LogP contribution is 2.44. The van der Waals surface area contributed by atoms with Gasteiger partial charge in [-0.2, -0.15) is 0 Å². The van der Waals surface area contributed by atoms with Gasteiger partial charge < -0.3 is 0 Å². The van der Waals surface area contributed by atoms with Crippen LogP contribution in [0.4, 0.5) is 0 Å². The molecule has 70 valence electrons. The quantitative estimate of drug-likeness (QED) is 0.591. The molecule has 0 nitrogen and oxygen atoms in total. The molecule has 2 aliphatic carbocycles. The molecule has 0 aliphatic heterocycles. The van der Waals surface area contributed by atoms with Crippen molar-refractivity contribution in [2.75, 3.05) is 0 Å². The van der Waals surface area contributed by atoms with Gasteiger partial charge in [0.2, 0.25) is 0 Å². The molecule has 0 atom stereocenters. The Morgan fingerprint density at radius 1 is 1.08 bits per heavy atom. The molecule has 0 heterocycles. The summed E-state index contributed by atoms with van der Waals surface area (Å²) in [6.45, 7) is 2.51. The summed E-state index contributed by atoms with van der Waals surface area (Å²) in [6, 6.07) is 0. The number of hydrogen-bond donors (Lipinski definition) is 0. The monoisotopic (exact) mass is 166 g/mol.